The van der Waals surface area contributed by atoms with Crippen LogP contribution in [0.2, 0.25) is 0 Å². The first-order valence-corrected chi connectivity index (χ1v) is 9.77. The Hall–Kier alpha value is -2.72. The van der Waals surface area contributed by atoms with Gasteiger partial charge in [0.1, 0.15) is 0 Å². The van der Waals surface area contributed by atoms with E-state index in [4.69, 9.17) is 0 Å². The highest BCUT2D eigenvalue weighted by atomic mass is 32.1. The van der Waals surface area contributed by atoms with E-state index in [1.165, 1.54) is 11.3 Å². The zero-order chi connectivity index (χ0) is 18.8. The topological polar surface area (TPSA) is 87.8 Å². The molecule has 27 heavy (non-hydrogen) atoms. The quantitative estimate of drug-likeness (QED) is 0.730. The molecule has 0 aromatic carbocycles. The maximum Gasteiger partial charge on any atom is 0.322 e. The van der Waals surface area contributed by atoms with Crippen molar-refractivity contribution in [2.45, 2.75) is 20.0 Å². The van der Waals surface area contributed by atoms with Crippen molar-refractivity contribution in [3.05, 3.63) is 46.1 Å². The maximum absolute atomic E-state index is 12.4. The molecule has 1 aliphatic rings. The molecule has 2 amide bonds. The molecular formula is C17H21N7O2S. The minimum atomic E-state index is -0.110. The first-order valence-electron chi connectivity index (χ1n) is 8.89. The Labute approximate surface area is 159 Å². The summed E-state index contributed by atoms with van der Waals surface area (Å²) in [7, 11) is 0. The van der Waals surface area contributed by atoms with Crippen LogP contribution in [0, 0.1) is 0 Å². The second-order valence-electron chi connectivity index (χ2n) is 6.42. The van der Waals surface area contributed by atoms with Crippen LogP contribution in [0.3, 0.4) is 0 Å². The lowest BCUT2D eigenvalue weighted by Crippen LogP contribution is -2.49. The van der Waals surface area contributed by atoms with E-state index < -0.39 is 0 Å². The molecule has 0 atom stereocenters. The third-order valence-corrected chi connectivity index (χ3v) is 5.37. The average molecular weight is 387 g/mol. The number of hydrogen-bond donors (Lipinski definition) is 1. The SMILES string of the molecule is CCn1cc(NC(=O)N2CCN(Cc3cc(=O)n4ccsc4n3)CC2)cn1. The van der Waals surface area contributed by atoms with Gasteiger partial charge in [-0.05, 0) is 6.92 Å². The number of piperazine rings is 1. The Kier molecular flexibility index (Phi) is 4.90. The molecule has 0 spiro atoms. The number of anilines is 1. The Morgan fingerprint density at radius 3 is 2.85 bits per heavy atom. The van der Waals surface area contributed by atoms with Crippen molar-refractivity contribution in [2.75, 3.05) is 31.5 Å². The standard InChI is InChI=1S/C17H21N7O2S/c1-2-23-12-14(10-18-23)19-16(26)22-5-3-21(4-6-22)11-13-9-15(25)24-7-8-27-17(24)20-13/h7-10,12H,2-6,11H2,1H3,(H,19,26). The molecule has 0 radical (unpaired) electrons. The Morgan fingerprint density at radius 1 is 1.30 bits per heavy atom. The van der Waals surface area contributed by atoms with Crippen molar-refractivity contribution >= 4 is 28.0 Å². The Balaban J connectivity index is 1.32. The molecule has 10 heteroatoms. The number of amides is 2. The second kappa shape index (κ2) is 7.49. The van der Waals surface area contributed by atoms with E-state index in [1.54, 1.807) is 32.4 Å². The van der Waals surface area contributed by atoms with Crippen LogP contribution in [0.25, 0.3) is 4.96 Å². The number of fused-ring (bicyclic) bond motifs is 1. The molecule has 1 aliphatic heterocycles. The highest BCUT2D eigenvalue weighted by Crippen LogP contribution is 2.12. The van der Waals surface area contributed by atoms with Gasteiger partial charge in [-0.25, -0.2) is 9.78 Å². The molecule has 0 aliphatic carbocycles. The van der Waals surface area contributed by atoms with E-state index in [9.17, 15) is 9.59 Å². The van der Waals surface area contributed by atoms with Crippen molar-refractivity contribution < 1.29 is 4.79 Å². The minimum Gasteiger partial charge on any atom is -0.322 e. The van der Waals surface area contributed by atoms with Crippen LogP contribution >= 0.6 is 11.3 Å². The average Bonchev–Trinajstić information content (AvgIpc) is 3.31. The number of carbonyl (C=O) groups is 1. The van der Waals surface area contributed by atoms with E-state index >= 15 is 0 Å². The van der Waals surface area contributed by atoms with E-state index in [2.05, 4.69) is 20.3 Å². The normalized spacial score (nSPS) is 15.4. The number of carbonyl (C=O) groups excluding carboxylic acids is 1. The molecule has 1 saturated heterocycles. The summed E-state index contributed by atoms with van der Waals surface area (Å²) in [5.41, 5.74) is 1.42. The minimum absolute atomic E-state index is 0.0538. The molecule has 4 heterocycles. The molecular weight excluding hydrogens is 366 g/mol. The third-order valence-electron chi connectivity index (χ3n) is 4.61. The van der Waals surface area contributed by atoms with E-state index in [0.29, 0.717) is 30.3 Å². The van der Waals surface area contributed by atoms with Crippen LogP contribution in [-0.4, -0.2) is 61.2 Å². The van der Waals surface area contributed by atoms with E-state index in [1.807, 2.05) is 18.5 Å². The van der Waals surface area contributed by atoms with Gasteiger partial charge < -0.3 is 10.2 Å². The lowest BCUT2D eigenvalue weighted by Gasteiger charge is -2.34. The number of nitrogens with zero attached hydrogens (tertiary/aromatic N) is 6. The second-order valence-corrected chi connectivity index (χ2v) is 7.29. The summed E-state index contributed by atoms with van der Waals surface area (Å²) in [6, 6.07) is 1.48. The lowest BCUT2D eigenvalue weighted by molar-refractivity contribution is 0.142. The molecule has 0 unspecified atom stereocenters. The number of aromatic nitrogens is 4. The van der Waals surface area contributed by atoms with E-state index in [-0.39, 0.29) is 11.6 Å². The maximum atomic E-state index is 12.4. The zero-order valence-electron chi connectivity index (χ0n) is 15.0. The Bertz CT molecular complexity index is 1000. The van der Waals surface area contributed by atoms with Crippen molar-refractivity contribution in [3.63, 3.8) is 0 Å². The molecule has 3 aromatic rings. The number of hydrogen-bond acceptors (Lipinski definition) is 6. The first kappa shape index (κ1) is 17.7. The molecule has 142 valence electrons. The third kappa shape index (κ3) is 3.86. The fraction of sp³-hybridized carbons (Fsp3) is 0.412. The van der Waals surface area contributed by atoms with Crippen LogP contribution < -0.4 is 10.9 Å². The van der Waals surface area contributed by atoms with Crippen LogP contribution in [0.4, 0.5) is 10.5 Å². The summed E-state index contributed by atoms with van der Waals surface area (Å²) in [6.45, 7) is 6.13. The van der Waals surface area contributed by atoms with Gasteiger partial charge in [0.15, 0.2) is 4.96 Å². The number of nitrogens with one attached hydrogen (secondary N) is 1. The van der Waals surface area contributed by atoms with Crippen molar-refractivity contribution in [2.24, 2.45) is 0 Å². The van der Waals surface area contributed by atoms with Gasteiger partial charge in [0, 0.05) is 63.1 Å². The number of rotatable bonds is 4. The van der Waals surface area contributed by atoms with Gasteiger partial charge in [-0.1, -0.05) is 0 Å². The Morgan fingerprint density at radius 2 is 2.11 bits per heavy atom. The predicted molar refractivity (Wildman–Crippen MR) is 103 cm³/mol. The predicted octanol–water partition coefficient (Wildman–Crippen LogP) is 1.32. The van der Waals surface area contributed by atoms with Crippen molar-refractivity contribution in [3.8, 4) is 0 Å². The smallest absolute Gasteiger partial charge is 0.322 e. The molecule has 0 saturated carbocycles. The van der Waals surface area contributed by atoms with Crippen molar-refractivity contribution in [1.82, 2.24) is 29.0 Å². The number of thiazole rings is 1. The summed E-state index contributed by atoms with van der Waals surface area (Å²) >= 11 is 1.45. The monoisotopic (exact) mass is 387 g/mol. The summed E-state index contributed by atoms with van der Waals surface area (Å²) < 4.78 is 3.32. The fourth-order valence-corrected chi connectivity index (χ4v) is 3.85. The van der Waals surface area contributed by atoms with Gasteiger partial charge in [-0.3, -0.25) is 18.8 Å². The summed E-state index contributed by atoms with van der Waals surface area (Å²) in [5.74, 6) is 0. The lowest BCUT2D eigenvalue weighted by atomic mass is 10.3. The number of aryl methyl sites for hydroxylation is 1. The highest BCUT2D eigenvalue weighted by Gasteiger charge is 2.22. The summed E-state index contributed by atoms with van der Waals surface area (Å²) in [6.07, 6.45) is 5.21. The molecule has 0 bridgehead atoms. The van der Waals surface area contributed by atoms with Crippen molar-refractivity contribution in [1.29, 1.82) is 0 Å². The van der Waals surface area contributed by atoms with Gasteiger partial charge in [-0.2, -0.15) is 5.10 Å². The molecule has 1 fully saturated rings. The summed E-state index contributed by atoms with van der Waals surface area (Å²) in [5, 5.41) is 8.90. The van der Waals surface area contributed by atoms with Crippen LogP contribution in [-0.2, 0) is 13.1 Å². The van der Waals surface area contributed by atoms with Crippen LogP contribution in [0.1, 0.15) is 12.6 Å². The molecule has 4 rings (SSSR count). The largest absolute Gasteiger partial charge is 0.322 e. The number of urea groups is 1. The van der Waals surface area contributed by atoms with Crippen LogP contribution in [0.5, 0.6) is 0 Å². The highest BCUT2D eigenvalue weighted by molar-refractivity contribution is 7.15. The van der Waals surface area contributed by atoms with Crippen LogP contribution in [0.15, 0.2) is 34.8 Å². The molecule has 9 nitrogen and oxygen atoms in total. The molecule has 1 N–H and O–H groups in total. The van der Waals surface area contributed by atoms with Gasteiger partial charge in [0.05, 0.1) is 17.6 Å². The first-order chi connectivity index (χ1) is 13.1. The van der Waals surface area contributed by atoms with Gasteiger partial charge >= 0.3 is 6.03 Å². The summed E-state index contributed by atoms with van der Waals surface area (Å²) in [4.78, 5) is 33.7. The van der Waals surface area contributed by atoms with E-state index in [0.717, 1.165) is 25.3 Å². The van der Waals surface area contributed by atoms with Gasteiger partial charge in [0.25, 0.3) is 5.56 Å². The van der Waals surface area contributed by atoms with Gasteiger partial charge in [0.2, 0.25) is 0 Å². The van der Waals surface area contributed by atoms with Gasteiger partial charge in [-0.15, -0.1) is 11.3 Å². The molecule has 3 aromatic heterocycles. The fourth-order valence-electron chi connectivity index (χ4n) is 3.11. The zero-order valence-corrected chi connectivity index (χ0v) is 15.9.